The van der Waals surface area contributed by atoms with E-state index in [1.54, 1.807) is 6.07 Å². The highest BCUT2D eigenvalue weighted by atomic mass is 35.5. The molecule has 0 amide bonds. The van der Waals surface area contributed by atoms with Gasteiger partial charge < -0.3 is 9.47 Å². The third-order valence-corrected chi connectivity index (χ3v) is 7.00. The number of nitro groups is 1. The number of rotatable bonds is 11. The molecule has 4 rings (SSSR count). The van der Waals surface area contributed by atoms with Gasteiger partial charge in [-0.05, 0) is 73.9 Å². The van der Waals surface area contributed by atoms with Gasteiger partial charge in [-0.15, -0.1) is 10.2 Å². The van der Waals surface area contributed by atoms with E-state index in [1.807, 2.05) is 86.0 Å². The third kappa shape index (κ3) is 6.81. The molecule has 37 heavy (non-hydrogen) atoms. The second-order valence-electron chi connectivity index (χ2n) is 8.38. The SMILES string of the molecule is CCOc1cc([C@@H](C[N+](=O)[O-])Sc2nnc(C)n2-c2cccc(C)c2)ccc1OCc1ccc(Cl)cc1. The van der Waals surface area contributed by atoms with Crippen molar-refractivity contribution in [1.29, 1.82) is 0 Å². The number of thioether (sulfide) groups is 1. The number of ether oxygens (including phenoxy) is 2. The van der Waals surface area contributed by atoms with Crippen LogP contribution in [0.1, 0.15) is 34.7 Å². The predicted octanol–water partition coefficient (Wildman–Crippen LogP) is 6.63. The van der Waals surface area contributed by atoms with Crippen LogP contribution in [0.5, 0.6) is 11.5 Å². The summed E-state index contributed by atoms with van der Waals surface area (Å²) in [5.41, 5.74) is 3.70. The maximum absolute atomic E-state index is 11.6. The second-order valence-corrected chi connectivity index (χ2v) is 9.99. The summed E-state index contributed by atoms with van der Waals surface area (Å²) in [6.07, 6.45) is 0. The number of hydrogen-bond donors (Lipinski definition) is 0. The second kappa shape index (κ2) is 12.1. The Morgan fingerprint density at radius 2 is 1.81 bits per heavy atom. The minimum Gasteiger partial charge on any atom is -0.490 e. The van der Waals surface area contributed by atoms with Crippen molar-refractivity contribution in [1.82, 2.24) is 14.8 Å². The molecule has 0 N–H and O–H groups in total. The number of hydrogen-bond acceptors (Lipinski definition) is 7. The fraction of sp³-hybridized carbons (Fsp3) is 0.259. The summed E-state index contributed by atoms with van der Waals surface area (Å²) in [6, 6.07) is 20.8. The van der Waals surface area contributed by atoms with Crippen molar-refractivity contribution in [3.8, 4) is 17.2 Å². The van der Waals surface area contributed by atoms with E-state index < -0.39 is 5.25 Å². The number of benzene rings is 3. The van der Waals surface area contributed by atoms with Crippen LogP contribution in [0.25, 0.3) is 5.69 Å². The molecule has 0 aliphatic heterocycles. The van der Waals surface area contributed by atoms with E-state index in [1.165, 1.54) is 11.8 Å². The third-order valence-electron chi connectivity index (χ3n) is 5.56. The molecule has 0 bridgehead atoms. The van der Waals surface area contributed by atoms with Crippen LogP contribution in [0.2, 0.25) is 5.02 Å². The van der Waals surface area contributed by atoms with Crippen LogP contribution in [0.4, 0.5) is 0 Å². The van der Waals surface area contributed by atoms with Crippen LogP contribution < -0.4 is 9.47 Å². The van der Waals surface area contributed by atoms with Crippen LogP contribution in [0.15, 0.2) is 71.9 Å². The molecule has 0 spiro atoms. The molecule has 0 aliphatic rings. The molecule has 0 radical (unpaired) electrons. The quantitative estimate of drug-likeness (QED) is 0.120. The Labute approximate surface area is 224 Å². The number of nitrogens with zero attached hydrogens (tertiary/aromatic N) is 4. The lowest BCUT2D eigenvalue weighted by atomic mass is 10.1. The van der Waals surface area contributed by atoms with Crippen LogP contribution in [0, 0.1) is 24.0 Å². The van der Waals surface area contributed by atoms with Crippen LogP contribution in [0.3, 0.4) is 0 Å². The summed E-state index contributed by atoms with van der Waals surface area (Å²) in [5, 5.41) is 20.9. The number of aryl methyl sites for hydroxylation is 2. The van der Waals surface area contributed by atoms with Gasteiger partial charge in [0, 0.05) is 15.6 Å². The Morgan fingerprint density at radius 3 is 2.51 bits per heavy atom. The van der Waals surface area contributed by atoms with Gasteiger partial charge in [-0.1, -0.05) is 53.7 Å². The normalized spacial score (nSPS) is 11.8. The molecule has 0 saturated carbocycles. The topological polar surface area (TPSA) is 92.3 Å². The van der Waals surface area contributed by atoms with Gasteiger partial charge in [0.1, 0.15) is 17.7 Å². The first kappa shape index (κ1) is 26.5. The molecule has 0 aliphatic carbocycles. The van der Waals surface area contributed by atoms with Crippen LogP contribution in [-0.2, 0) is 6.61 Å². The summed E-state index contributed by atoms with van der Waals surface area (Å²) in [5.74, 6) is 1.79. The summed E-state index contributed by atoms with van der Waals surface area (Å²) in [7, 11) is 0. The minimum absolute atomic E-state index is 0.291. The Bertz CT molecular complexity index is 1380. The molecule has 0 unspecified atom stereocenters. The smallest absolute Gasteiger partial charge is 0.220 e. The fourth-order valence-corrected chi connectivity index (χ4v) is 5.10. The van der Waals surface area contributed by atoms with Gasteiger partial charge in [0.15, 0.2) is 16.7 Å². The monoisotopic (exact) mass is 538 g/mol. The molecule has 1 aromatic heterocycles. The van der Waals surface area contributed by atoms with Crippen molar-refractivity contribution in [2.75, 3.05) is 13.2 Å². The zero-order valence-corrected chi connectivity index (χ0v) is 22.3. The average molecular weight is 539 g/mol. The summed E-state index contributed by atoms with van der Waals surface area (Å²) in [6.45, 7) is 6.23. The lowest BCUT2D eigenvalue weighted by molar-refractivity contribution is -0.479. The molecule has 10 heteroatoms. The Balaban J connectivity index is 1.62. The van der Waals surface area contributed by atoms with Crippen molar-refractivity contribution >= 4 is 23.4 Å². The van der Waals surface area contributed by atoms with E-state index in [2.05, 4.69) is 10.2 Å². The fourth-order valence-electron chi connectivity index (χ4n) is 3.81. The highest BCUT2D eigenvalue weighted by molar-refractivity contribution is 7.99. The number of halogens is 1. The molecule has 1 heterocycles. The van der Waals surface area contributed by atoms with E-state index >= 15 is 0 Å². The Morgan fingerprint density at radius 1 is 1.03 bits per heavy atom. The molecule has 8 nitrogen and oxygen atoms in total. The van der Waals surface area contributed by atoms with Crippen LogP contribution >= 0.6 is 23.4 Å². The summed E-state index contributed by atoms with van der Waals surface area (Å²) >= 11 is 7.27. The molecule has 0 saturated heterocycles. The van der Waals surface area contributed by atoms with Crippen molar-refractivity contribution in [3.05, 3.63) is 104 Å². The van der Waals surface area contributed by atoms with Crippen molar-refractivity contribution in [2.24, 2.45) is 0 Å². The zero-order valence-electron chi connectivity index (χ0n) is 20.8. The van der Waals surface area contributed by atoms with Crippen molar-refractivity contribution < 1.29 is 14.4 Å². The zero-order chi connectivity index (χ0) is 26.4. The predicted molar refractivity (Wildman–Crippen MR) is 145 cm³/mol. The van der Waals surface area contributed by atoms with Crippen LogP contribution in [-0.4, -0.2) is 32.8 Å². The van der Waals surface area contributed by atoms with Gasteiger partial charge in [0.2, 0.25) is 6.54 Å². The molecule has 4 aromatic rings. The average Bonchev–Trinajstić information content (AvgIpc) is 3.23. The van der Waals surface area contributed by atoms with Gasteiger partial charge in [-0.25, -0.2) is 0 Å². The molecular formula is C27H27ClN4O4S. The van der Waals surface area contributed by atoms with E-state index in [4.69, 9.17) is 21.1 Å². The largest absolute Gasteiger partial charge is 0.490 e. The van der Waals surface area contributed by atoms with Gasteiger partial charge in [-0.3, -0.25) is 14.7 Å². The first-order valence-electron chi connectivity index (χ1n) is 11.8. The molecule has 192 valence electrons. The molecule has 3 aromatic carbocycles. The lowest BCUT2D eigenvalue weighted by Crippen LogP contribution is -2.12. The van der Waals surface area contributed by atoms with E-state index in [-0.39, 0.29) is 11.5 Å². The molecule has 0 fully saturated rings. The first-order chi connectivity index (χ1) is 17.8. The standard InChI is InChI=1S/C27H27ClN4O4S/c1-4-35-25-15-21(10-13-24(25)36-17-20-8-11-22(28)12-9-20)26(16-31(33)34)37-27-30-29-19(3)32(27)23-7-5-6-18(2)14-23/h5-15,26H,4,16-17H2,1-3H3/t26-/m1/s1. The highest BCUT2D eigenvalue weighted by Gasteiger charge is 2.25. The lowest BCUT2D eigenvalue weighted by Gasteiger charge is -2.17. The van der Waals surface area contributed by atoms with E-state index in [0.29, 0.717) is 40.7 Å². The minimum atomic E-state index is -0.522. The molecular weight excluding hydrogens is 512 g/mol. The van der Waals surface area contributed by atoms with Crippen molar-refractivity contribution in [3.63, 3.8) is 0 Å². The summed E-state index contributed by atoms with van der Waals surface area (Å²) < 4.78 is 13.8. The Hall–Kier alpha value is -3.56. The van der Waals surface area contributed by atoms with Gasteiger partial charge in [-0.2, -0.15) is 0 Å². The van der Waals surface area contributed by atoms with E-state index in [0.717, 1.165) is 22.4 Å². The van der Waals surface area contributed by atoms with Gasteiger partial charge in [0.25, 0.3) is 0 Å². The summed E-state index contributed by atoms with van der Waals surface area (Å²) in [4.78, 5) is 11.3. The van der Waals surface area contributed by atoms with Gasteiger partial charge >= 0.3 is 0 Å². The first-order valence-corrected chi connectivity index (χ1v) is 13.0. The maximum Gasteiger partial charge on any atom is 0.220 e. The van der Waals surface area contributed by atoms with E-state index in [9.17, 15) is 10.1 Å². The maximum atomic E-state index is 11.6. The Kier molecular flexibility index (Phi) is 8.68. The van der Waals surface area contributed by atoms with Crippen molar-refractivity contribution in [2.45, 2.75) is 37.8 Å². The number of aromatic nitrogens is 3. The van der Waals surface area contributed by atoms with Gasteiger partial charge in [0.05, 0.1) is 6.61 Å². The highest BCUT2D eigenvalue weighted by Crippen LogP contribution is 2.39. The molecule has 1 atom stereocenters.